The van der Waals surface area contributed by atoms with Crippen molar-refractivity contribution in [2.24, 2.45) is 10.8 Å². The third-order valence-electron chi connectivity index (χ3n) is 9.48. The lowest BCUT2D eigenvalue weighted by molar-refractivity contribution is -0.165. The van der Waals surface area contributed by atoms with Gasteiger partial charge >= 0.3 is 6.03 Å². The van der Waals surface area contributed by atoms with Crippen LogP contribution in [0.25, 0.3) is 0 Å². The summed E-state index contributed by atoms with van der Waals surface area (Å²) in [6, 6.07) is -3.59. The number of carbonyl (C=O) groups excluding carboxylic acids is 5. The molecule has 3 rings (SSSR count). The predicted molar refractivity (Wildman–Crippen MR) is 177 cm³/mol. The molecule has 46 heavy (non-hydrogen) atoms. The van der Waals surface area contributed by atoms with Gasteiger partial charge in [-0.05, 0) is 58.3 Å². The van der Waals surface area contributed by atoms with Crippen molar-refractivity contribution >= 4 is 39.4 Å². The minimum Gasteiger partial charge on any atom is -0.347 e. The molecule has 13 heteroatoms. The molecular formula is C33H57N5O7S. The first kappa shape index (κ1) is 37.8. The lowest BCUT2D eigenvalue weighted by Crippen LogP contribution is -2.73. The standard InChI is InChI=1S/C33H57N5O7S/c1-10-14-22(23(39)26(40)34-21-15-16-21)35-27(41)25-32(8,9)19-38(25)28(42)24(30(2,3)4)36-29(43)37-33(17-12-11-13-18-33)20-46(44,45)31(5,6)7/h21-22,24-25H,10-20H2,1-9H3,(H,34,40)(H,35,41)(H2,36,37,43). The predicted octanol–water partition coefficient (Wildman–Crippen LogP) is 2.99. The maximum Gasteiger partial charge on any atom is 0.315 e. The van der Waals surface area contributed by atoms with Crippen LogP contribution in [-0.2, 0) is 29.0 Å². The molecule has 0 spiro atoms. The molecule has 1 saturated heterocycles. The summed E-state index contributed by atoms with van der Waals surface area (Å²) in [5.74, 6) is -2.58. The Labute approximate surface area is 275 Å². The van der Waals surface area contributed by atoms with E-state index in [9.17, 15) is 32.4 Å². The van der Waals surface area contributed by atoms with Gasteiger partial charge in [0.1, 0.15) is 12.1 Å². The van der Waals surface area contributed by atoms with Crippen molar-refractivity contribution in [2.45, 2.75) is 155 Å². The smallest absolute Gasteiger partial charge is 0.315 e. The number of urea groups is 1. The lowest BCUT2D eigenvalue weighted by atomic mass is 9.72. The number of sulfone groups is 1. The monoisotopic (exact) mass is 667 g/mol. The van der Waals surface area contributed by atoms with E-state index in [1.807, 2.05) is 41.5 Å². The summed E-state index contributed by atoms with van der Waals surface area (Å²) in [5, 5.41) is 11.2. The van der Waals surface area contributed by atoms with Gasteiger partial charge < -0.3 is 26.2 Å². The van der Waals surface area contributed by atoms with E-state index in [-0.39, 0.29) is 24.8 Å². The van der Waals surface area contributed by atoms with E-state index >= 15 is 0 Å². The van der Waals surface area contributed by atoms with E-state index < -0.39 is 78.6 Å². The summed E-state index contributed by atoms with van der Waals surface area (Å²) in [5.41, 5.74) is -2.32. The van der Waals surface area contributed by atoms with Crippen molar-refractivity contribution in [3.8, 4) is 0 Å². The van der Waals surface area contributed by atoms with E-state index in [1.54, 1.807) is 20.8 Å². The van der Waals surface area contributed by atoms with Gasteiger partial charge in [0.05, 0.1) is 22.1 Å². The van der Waals surface area contributed by atoms with Gasteiger partial charge in [0, 0.05) is 18.0 Å². The Kier molecular flexibility index (Phi) is 11.3. The summed E-state index contributed by atoms with van der Waals surface area (Å²) >= 11 is 0. The second kappa shape index (κ2) is 13.8. The number of hydrogen-bond acceptors (Lipinski definition) is 7. The highest BCUT2D eigenvalue weighted by molar-refractivity contribution is 7.92. The van der Waals surface area contributed by atoms with Gasteiger partial charge in [0.25, 0.3) is 5.91 Å². The Bertz CT molecular complexity index is 1290. The number of nitrogens with zero attached hydrogens (tertiary/aromatic N) is 1. The molecule has 0 bridgehead atoms. The van der Waals surface area contributed by atoms with Crippen LogP contribution in [0, 0.1) is 10.8 Å². The van der Waals surface area contributed by atoms with Crippen LogP contribution in [-0.4, -0.2) is 89.6 Å². The summed E-state index contributed by atoms with van der Waals surface area (Å²) < 4.78 is 25.5. The Morgan fingerprint density at radius 2 is 1.50 bits per heavy atom. The first-order chi connectivity index (χ1) is 21.0. The molecule has 3 fully saturated rings. The number of likely N-dealkylation sites (tertiary alicyclic amines) is 1. The van der Waals surface area contributed by atoms with Crippen LogP contribution >= 0.6 is 0 Å². The molecule has 262 valence electrons. The fourth-order valence-electron chi connectivity index (χ4n) is 6.42. The fourth-order valence-corrected chi connectivity index (χ4v) is 7.94. The zero-order valence-corrected chi connectivity index (χ0v) is 30.1. The van der Waals surface area contributed by atoms with E-state index in [4.69, 9.17) is 0 Å². The molecule has 0 radical (unpaired) electrons. The van der Waals surface area contributed by atoms with Crippen LogP contribution in [0.3, 0.4) is 0 Å². The lowest BCUT2D eigenvalue weighted by Gasteiger charge is -2.54. The molecule has 4 N–H and O–H groups in total. The molecule has 3 aliphatic rings. The van der Waals surface area contributed by atoms with Crippen molar-refractivity contribution in [2.75, 3.05) is 12.3 Å². The maximum atomic E-state index is 14.1. The average molecular weight is 668 g/mol. The van der Waals surface area contributed by atoms with E-state index in [0.717, 1.165) is 32.1 Å². The minimum absolute atomic E-state index is 0.00280. The largest absolute Gasteiger partial charge is 0.347 e. The molecule has 2 saturated carbocycles. The van der Waals surface area contributed by atoms with Crippen LogP contribution < -0.4 is 21.3 Å². The second-order valence-corrected chi connectivity index (χ2v) is 19.2. The molecule has 5 amide bonds. The van der Waals surface area contributed by atoms with E-state index in [1.165, 1.54) is 4.90 Å². The number of carbonyl (C=O) groups is 5. The molecule has 0 aromatic heterocycles. The Hall–Kier alpha value is -2.70. The number of nitrogens with one attached hydrogen (secondary N) is 4. The highest BCUT2D eigenvalue weighted by atomic mass is 32.2. The van der Waals surface area contributed by atoms with Crippen molar-refractivity contribution in [3.05, 3.63) is 0 Å². The zero-order chi connectivity index (χ0) is 34.9. The van der Waals surface area contributed by atoms with Gasteiger partial charge in [-0.25, -0.2) is 13.2 Å². The molecule has 2 aliphatic carbocycles. The first-order valence-electron chi connectivity index (χ1n) is 16.8. The third kappa shape index (κ3) is 9.01. The highest BCUT2D eigenvalue weighted by Crippen LogP contribution is 2.39. The topological polar surface area (TPSA) is 171 Å². The number of Topliss-reactive ketones (excluding diaryl/α,β-unsaturated/α-hetero) is 1. The quantitative estimate of drug-likeness (QED) is 0.232. The molecule has 0 aromatic rings. The molecule has 12 nitrogen and oxygen atoms in total. The van der Waals surface area contributed by atoms with Crippen LogP contribution in [0.5, 0.6) is 0 Å². The number of hydrogen-bond donors (Lipinski definition) is 4. The molecule has 0 aromatic carbocycles. The van der Waals surface area contributed by atoms with Gasteiger partial charge in [-0.2, -0.15) is 0 Å². The molecule has 1 aliphatic heterocycles. The van der Waals surface area contributed by atoms with Gasteiger partial charge in [-0.15, -0.1) is 0 Å². The Balaban J connectivity index is 1.78. The van der Waals surface area contributed by atoms with Crippen LogP contribution in [0.4, 0.5) is 4.79 Å². The van der Waals surface area contributed by atoms with Crippen molar-refractivity contribution in [3.63, 3.8) is 0 Å². The van der Waals surface area contributed by atoms with Gasteiger partial charge in [0.2, 0.25) is 17.6 Å². The summed E-state index contributed by atoms with van der Waals surface area (Å²) in [6.07, 6.45) is 6.05. The summed E-state index contributed by atoms with van der Waals surface area (Å²) in [7, 11) is -3.55. The maximum absolute atomic E-state index is 14.1. The summed E-state index contributed by atoms with van der Waals surface area (Å²) in [6.45, 7) is 16.2. The molecule has 3 atom stereocenters. The van der Waals surface area contributed by atoms with Crippen LogP contribution in [0.2, 0.25) is 0 Å². The van der Waals surface area contributed by atoms with Crippen molar-refractivity contribution in [1.29, 1.82) is 0 Å². The van der Waals surface area contributed by atoms with Crippen molar-refractivity contribution < 1.29 is 32.4 Å². The number of rotatable bonds is 12. The van der Waals surface area contributed by atoms with Crippen molar-refractivity contribution in [1.82, 2.24) is 26.2 Å². The summed E-state index contributed by atoms with van der Waals surface area (Å²) in [4.78, 5) is 68.2. The first-order valence-corrected chi connectivity index (χ1v) is 18.5. The van der Waals surface area contributed by atoms with E-state index in [0.29, 0.717) is 19.3 Å². The van der Waals surface area contributed by atoms with Gasteiger partial charge in [-0.3, -0.25) is 19.2 Å². The molecule has 3 unspecified atom stereocenters. The Morgan fingerprint density at radius 1 is 0.913 bits per heavy atom. The Morgan fingerprint density at radius 3 is 1.98 bits per heavy atom. The average Bonchev–Trinajstić information content (AvgIpc) is 3.72. The minimum atomic E-state index is -3.55. The zero-order valence-electron chi connectivity index (χ0n) is 29.3. The van der Waals surface area contributed by atoms with E-state index in [2.05, 4.69) is 21.3 Å². The third-order valence-corrected chi connectivity index (χ3v) is 12.3. The second-order valence-electron chi connectivity index (χ2n) is 16.4. The van der Waals surface area contributed by atoms with Gasteiger partial charge in [-0.1, -0.05) is 67.2 Å². The van der Waals surface area contributed by atoms with Gasteiger partial charge in [0.15, 0.2) is 9.84 Å². The highest BCUT2D eigenvalue weighted by Gasteiger charge is 2.55. The fraction of sp³-hybridized carbons (Fsp3) is 0.848. The molecule has 1 heterocycles. The normalized spacial score (nSPS) is 22.5. The number of amides is 5. The van der Waals surface area contributed by atoms with Crippen LogP contribution in [0.15, 0.2) is 0 Å². The van der Waals surface area contributed by atoms with Crippen LogP contribution in [0.1, 0.15) is 120 Å². The molecular weight excluding hydrogens is 610 g/mol. The number of ketones is 1. The SMILES string of the molecule is CCCC(NC(=O)C1N(C(=O)C(NC(=O)NC2(CS(=O)(=O)C(C)(C)C)CCCCC2)C(C)(C)C)CC1(C)C)C(=O)C(=O)NC1CC1.